The second kappa shape index (κ2) is 5.98. The summed E-state index contributed by atoms with van der Waals surface area (Å²) in [6.07, 6.45) is 2.45. The van der Waals surface area contributed by atoms with Crippen molar-refractivity contribution in [3.05, 3.63) is 29.3 Å². The molecule has 0 atom stereocenters. The summed E-state index contributed by atoms with van der Waals surface area (Å²) in [6, 6.07) is 5.20. The van der Waals surface area contributed by atoms with Gasteiger partial charge in [-0.2, -0.15) is 0 Å². The molecule has 1 aromatic carbocycles. The van der Waals surface area contributed by atoms with Crippen LogP contribution >= 0.6 is 0 Å². The van der Waals surface area contributed by atoms with E-state index in [2.05, 4.69) is 17.2 Å². The molecule has 1 aliphatic carbocycles. The molecule has 0 aliphatic heterocycles. The van der Waals surface area contributed by atoms with Crippen LogP contribution in [0.1, 0.15) is 42.1 Å². The van der Waals surface area contributed by atoms with E-state index in [0.717, 1.165) is 12.8 Å². The second-order valence-electron chi connectivity index (χ2n) is 5.21. The predicted molar refractivity (Wildman–Crippen MR) is 76.7 cm³/mol. The van der Waals surface area contributed by atoms with Crippen LogP contribution in [-0.4, -0.2) is 30.3 Å². The lowest BCUT2D eigenvalue weighted by Gasteiger charge is -2.12. The van der Waals surface area contributed by atoms with Crippen LogP contribution in [0.25, 0.3) is 0 Å². The van der Waals surface area contributed by atoms with Crippen LogP contribution in [0, 0.1) is 11.8 Å². The van der Waals surface area contributed by atoms with Crippen molar-refractivity contribution in [2.45, 2.75) is 31.7 Å². The van der Waals surface area contributed by atoms with E-state index in [1.165, 1.54) is 0 Å². The highest BCUT2D eigenvalue weighted by molar-refractivity contribution is 5.95. The van der Waals surface area contributed by atoms with Crippen LogP contribution in [-0.2, 0) is 0 Å². The molecule has 1 saturated carbocycles. The van der Waals surface area contributed by atoms with Crippen LogP contribution in [0.2, 0.25) is 0 Å². The van der Waals surface area contributed by atoms with Gasteiger partial charge < -0.3 is 15.2 Å². The van der Waals surface area contributed by atoms with Gasteiger partial charge in [0.15, 0.2) is 0 Å². The molecule has 0 saturated heterocycles. The van der Waals surface area contributed by atoms with Crippen LogP contribution < -0.4 is 10.1 Å². The largest absolute Gasteiger partial charge is 0.495 e. The minimum Gasteiger partial charge on any atom is -0.495 e. The third-order valence-corrected chi connectivity index (χ3v) is 3.34. The number of benzene rings is 1. The summed E-state index contributed by atoms with van der Waals surface area (Å²) in [6.45, 7) is 2.06. The molecular weight excluding hydrogens is 254 g/mol. The number of carbonyl (C=O) groups excluding carboxylic acids is 1. The molecular formula is C16H19NO3. The number of nitrogens with one attached hydrogen (secondary N) is 1. The molecule has 0 aromatic heterocycles. The zero-order chi connectivity index (χ0) is 14.6. The number of hydrogen-bond acceptors (Lipinski definition) is 3. The molecule has 1 fully saturated rings. The van der Waals surface area contributed by atoms with Crippen LogP contribution in [0.4, 0.5) is 0 Å². The highest BCUT2D eigenvalue weighted by Gasteiger charge is 2.38. The first-order chi connectivity index (χ1) is 9.58. The summed E-state index contributed by atoms with van der Waals surface area (Å²) in [5.41, 5.74) is 1.20. The molecule has 0 radical (unpaired) electrons. The summed E-state index contributed by atoms with van der Waals surface area (Å²) in [5, 5.41) is 11.8. The highest BCUT2D eigenvalue weighted by atomic mass is 16.5. The van der Waals surface area contributed by atoms with Gasteiger partial charge in [0, 0.05) is 17.5 Å². The van der Waals surface area contributed by atoms with E-state index in [1.807, 2.05) is 6.92 Å². The van der Waals surface area contributed by atoms with Gasteiger partial charge in [0.25, 0.3) is 5.91 Å². The van der Waals surface area contributed by atoms with Gasteiger partial charge in [0.2, 0.25) is 0 Å². The Kier molecular flexibility index (Phi) is 4.31. The molecule has 0 spiro atoms. The number of carbonyl (C=O) groups is 1. The van der Waals surface area contributed by atoms with E-state index in [4.69, 9.17) is 9.84 Å². The van der Waals surface area contributed by atoms with Gasteiger partial charge in [-0.05, 0) is 38.0 Å². The second-order valence-corrected chi connectivity index (χ2v) is 5.21. The van der Waals surface area contributed by atoms with E-state index >= 15 is 0 Å². The Labute approximate surface area is 119 Å². The molecule has 1 aromatic rings. The van der Waals surface area contributed by atoms with Crippen LogP contribution in [0.15, 0.2) is 18.2 Å². The topological polar surface area (TPSA) is 58.6 Å². The fourth-order valence-electron chi connectivity index (χ4n) is 1.82. The summed E-state index contributed by atoms with van der Waals surface area (Å²) >= 11 is 0. The molecule has 4 nitrogen and oxygen atoms in total. The molecule has 2 N–H and O–H groups in total. The van der Waals surface area contributed by atoms with Crippen molar-refractivity contribution < 1.29 is 14.6 Å². The van der Waals surface area contributed by atoms with Crippen molar-refractivity contribution in [1.29, 1.82) is 0 Å². The maximum absolute atomic E-state index is 12.1. The number of rotatable bonds is 4. The van der Waals surface area contributed by atoms with Gasteiger partial charge in [0.05, 0.1) is 19.3 Å². The van der Waals surface area contributed by atoms with Gasteiger partial charge in [-0.25, -0.2) is 0 Å². The number of methoxy groups -OCH3 is 1. The Hall–Kier alpha value is -1.99. The molecule has 106 valence electrons. The lowest BCUT2D eigenvalue weighted by atomic mass is 10.1. The SMILES string of the molecule is COc1ccc(C(=O)NC2(C)CC2)cc1C#CCCO. The van der Waals surface area contributed by atoms with E-state index in [1.54, 1.807) is 25.3 Å². The lowest BCUT2D eigenvalue weighted by molar-refractivity contribution is 0.0935. The minimum absolute atomic E-state index is 0.0217. The van der Waals surface area contributed by atoms with Crippen molar-refractivity contribution in [2.75, 3.05) is 13.7 Å². The first-order valence-electron chi connectivity index (χ1n) is 6.68. The van der Waals surface area contributed by atoms with Crippen LogP contribution in [0.3, 0.4) is 0 Å². The molecule has 1 amide bonds. The molecule has 0 bridgehead atoms. The average Bonchev–Trinajstić information content (AvgIpc) is 3.16. The summed E-state index contributed by atoms with van der Waals surface area (Å²) in [5.74, 6) is 6.31. The zero-order valence-electron chi connectivity index (χ0n) is 11.8. The third kappa shape index (κ3) is 3.52. The summed E-state index contributed by atoms with van der Waals surface area (Å²) in [4.78, 5) is 12.1. The van der Waals surface area contributed by atoms with Crippen molar-refractivity contribution >= 4 is 5.91 Å². The first kappa shape index (κ1) is 14.4. The normalized spacial score (nSPS) is 14.9. The Bertz CT molecular complexity index is 565. The Morgan fingerprint density at radius 1 is 1.50 bits per heavy atom. The summed E-state index contributed by atoms with van der Waals surface area (Å²) in [7, 11) is 1.57. The fourth-order valence-corrected chi connectivity index (χ4v) is 1.82. The van der Waals surface area contributed by atoms with Crippen molar-refractivity contribution in [3.63, 3.8) is 0 Å². The molecule has 0 heterocycles. The molecule has 20 heavy (non-hydrogen) atoms. The number of ether oxygens (including phenoxy) is 1. The molecule has 1 aliphatic rings. The van der Waals surface area contributed by atoms with Crippen molar-refractivity contribution in [3.8, 4) is 17.6 Å². The number of amides is 1. The monoisotopic (exact) mass is 273 g/mol. The van der Waals surface area contributed by atoms with Gasteiger partial charge in [0.1, 0.15) is 5.75 Å². The predicted octanol–water partition coefficient (Wildman–Crippen LogP) is 1.71. The first-order valence-corrected chi connectivity index (χ1v) is 6.68. The Morgan fingerprint density at radius 2 is 2.25 bits per heavy atom. The standard InChI is InChI=1S/C16H19NO3/c1-16(8-9-16)17-15(19)13-6-7-14(20-2)12(11-13)5-3-4-10-18/h6-7,11,18H,4,8-10H2,1-2H3,(H,17,19). The van der Waals surface area contributed by atoms with E-state index < -0.39 is 0 Å². The summed E-state index contributed by atoms with van der Waals surface area (Å²) < 4.78 is 5.23. The van der Waals surface area contributed by atoms with Crippen molar-refractivity contribution in [2.24, 2.45) is 0 Å². The van der Waals surface area contributed by atoms with Gasteiger partial charge in [-0.3, -0.25) is 4.79 Å². The number of aliphatic hydroxyl groups is 1. The maximum atomic E-state index is 12.1. The quantitative estimate of drug-likeness (QED) is 0.821. The average molecular weight is 273 g/mol. The number of aliphatic hydroxyl groups excluding tert-OH is 1. The van der Waals surface area contributed by atoms with Crippen LogP contribution in [0.5, 0.6) is 5.75 Å². The van der Waals surface area contributed by atoms with E-state index in [9.17, 15) is 4.79 Å². The fraction of sp³-hybridized carbons (Fsp3) is 0.438. The molecule has 0 unspecified atom stereocenters. The molecule has 4 heteroatoms. The van der Waals surface area contributed by atoms with E-state index in [-0.39, 0.29) is 18.1 Å². The smallest absolute Gasteiger partial charge is 0.251 e. The highest BCUT2D eigenvalue weighted by Crippen LogP contribution is 2.34. The minimum atomic E-state index is -0.0853. The third-order valence-electron chi connectivity index (χ3n) is 3.34. The van der Waals surface area contributed by atoms with Gasteiger partial charge >= 0.3 is 0 Å². The zero-order valence-corrected chi connectivity index (χ0v) is 11.8. The Balaban J connectivity index is 2.20. The van der Waals surface area contributed by atoms with Crippen molar-refractivity contribution in [1.82, 2.24) is 5.32 Å². The number of hydrogen-bond donors (Lipinski definition) is 2. The maximum Gasteiger partial charge on any atom is 0.251 e. The van der Waals surface area contributed by atoms with Gasteiger partial charge in [-0.15, -0.1) is 0 Å². The van der Waals surface area contributed by atoms with E-state index in [0.29, 0.717) is 23.3 Å². The Morgan fingerprint density at radius 3 is 2.85 bits per heavy atom. The molecule has 2 rings (SSSR count). The van der Waals surface area contributed by atoms with Gasteiger partial charge in [-0.1, -0.05) is 11.8 Å². The lowest BCUT2D eigenvalue weighted by Crippen LogP contribution is -2.34.